The van der Waals surface area contributed by atoms with Gasteiger partial charge in [0.15, 0.2) is 0 Å². The molecule has 3 aromatic heterocycles. The fourth-order valence-electron chi connectivity index (χ4n) is 3.54. The number of benzene rings is 1. The molecule has 0 spiro atoms. The highest BCUT2D eigenvalue weighted by Crippen LogP contribution is 2.31. The van der Waals surface area contributed by atoms with Gasteiger partial charge in [0.1, 0.15) is 0 Å². The third-order valence-electron chi connectivity index (χ3n) is 5.07. The van der Waals surface area contributed by atoms with Crippen LogP contribution in [0.5, 0.6) is 0 Å². The molecule has 0 radical (unpaired) electrons. The first kappa shape index (κ1) is 20.3. The van der Waals surface area contributed by atoms with Crippen LogP contribution < -0.4 is 10.9 Å². The van der Waals surface area contributed by atoms with E-state index in [1.54, 1.807) is 18.3 Å². The Morgan fingerprint density at radius 3 is 2.61 bits per heavy atom. The van der Waals surface area contributed by atoms with Gasteiger partial charge in [-0.05, 0) is 61.7 Å². The standard InChI is InChI=1S/C24H23N5O2/c1-16-8-9-20-19(15-16)18(23(27-20)21-6-2-3-12-26-21)5-4-7-22(30)28-29-24(31)17-10-13-25-14-11-17/h2-3,6,8-15,27H,4-5,7H2,1H3,(H,28,30)(H,29,31). The van der Waals surface area contributed by atoms with E-state index in [1.807, 2.05) is 18.2 Å². The summed E-state index contributed by atoms with van der Waals surface area (Å²) < 4.78 is 0. The van der Waals surface area contributed by atoms with Crippen molar-refractivity contribution in [3.8, 4) is 11.4 Å². The number of fused-ring (bicyclic) bond motifs is 1. The molecule has 0 aliphatic rings. The maximum Gasteiger partial charge on any atom is 0.269 e. The Morgan fingerprint density at radius 1 is 1.00 bits per heavy atom. The molecule has 0 bridgehead atoms. The minimum absolute atomic E-state index is 0.238. The van der Waals surface area contributed by atoms with Gasteiger partial charge in [-0.1, -0.05) is 17.7 Å². The molecule has 0 unspecified atom stereocenters. The normalized spacial score (nSPS) is 10.7. The molecule has 0 aliphatic carbocycles. The van der Waals surface area contributed by atoms with Gasteiger partial charge in [0.2, 0.25) is 5.91 Å². The van der Waals surface area contributed by atoms with Gasteiger partial charge >= 0.3 is 0 Å². The number of aromatic amines is 1. The molecule has 7 heteroatoms. The monoisotopic (exact) mass is 413 g/mol. The summed E-state index contributed by atoms with van der Waals surface area (Å²) in [6.07, 6.45) is 6.46. The van der Waals surface area contributed by atoms with Crippen molar-refractivity contribution >= 4 is 22.7 Å². The molecule has 156 valence electrons. The topological polar surface area (TPSA) is 99.8 Å². The summed E-state index contributed by atoms with van der Waals surface area (Å²) in [4.78, 5) is 36.1. The summed E-state index contributed by atoms with van der Waals surface area (Å²) in [6.45, 7) is 2.07. The SMILES string of the molecule is Cc1ccc2[nH]c(-c3ccccn3)c(CCCC(=O)NNC(=O)c3ccncc3)c2c1. The van der Waals surface area contributed by atoms with Crippen LogP contribution >= 0.6 is 0 Å². The van der Waals surface area contributed by atoms with E-state index in [4.69, 9.17) is 0 Å². The number of amides is 2. The highest BCUT2D eigenvalue weighted by Gasteiger charge is 2.15. The van der Waals surface area contributed by atoms with E-state index in [0.29, 0.717) is 18.4 Å². The predicted octanol–water partition coefficient (Wildman–Crippen LogP) is 3.72. The number of nitrogens with one attached hydrogen (secondary N) is 3. The highest BCUT2D eigenvalue weighted by atomic mass is 16.2. The number of hydrazine groups is 1. The number of carbonyl (C=O) groups excluding carboxylic acids is 2. The Bertz CT molecular complexity index is 1200. The molecule has 4 rings (SSSR count). The van der Waals surface area contributed by atoms with Crippen molar-refractivity contribution in [2.75, 3.05) is 0 Å². The van der Waals surface area contributed by atoms with Gasteiger partial charge < -0.3 is 4.98 Å². The number of carbonyl (C=O) groups is 2. The fraction of sp³-hybridized carbons (Fsp3) is 0.167. The van der Waals surface area contributed by atoms with Crippen LogP contribution in [-0.4, -0.2) is 26.8 Å². The van der Waals surface area contributed by atoms with Crippen LogP contribution in [0.1, 0.15) is 34.3 Å². The van der Waals surface area contributed by atoms with Crippen molar-refractivity contribution in [3.05, 3.63) is 83.8 Å². The number of rotatable bonds is 6. The number of nitrogens with zero attached hydrogens (tertiary/aromatic N) is 2. The lowest BCUT2D eigenvalue weighted by atomic mass is 10.0. The molecule has 0 aliphatic heterocycles. The molecule has 0 atom stereocenters. The number of pyridine rings is 2. The molecule has 0 fully saturated rings. The van der Waals surface area contributed by atoms with Gasteiger partial charge in [-0.15, -0.1) is 0 Å². The Labute approximate surface area is 179 Å². The smallest absolute Gasteiger partial charge is 0.269 e. The predicted molar refractivity (Wildman–Crippen MR) is 119 cm³/mol. The van der Waals surface area contributed by atoms with E-state index in [2.05, 4.69) is 50.9 Å². The van der Waals surface area contributed by atoms with Crippen LogP contribution in [-0.2, 0) is 11.2 Å². The zero-order valence-electron chi connectivity index (χ0n) is 17.2. The van der Waals surface area contributed by atoms with Crippen molar-refractivity contribution < 1.29 is 9.59 Å². The summed E-state index contributed by atoms with van der Waals surface area (Å²) >= 11 is 0. The summed E-state index contributed by atoms with van der Waals surface area (Å²) in [5.74, 6) is -0.613. The lowest BCUT2D eigenvalue weighted by Gasteiger charge is -2.08. The number of aromatic nitrogens is 3. The second-order valence-electron chi connectivity index (χ2n) is 7.33. The number of H-pyrrole nitrogens is 1. The Hall–Kier alpha value is -4.00. The van der Waals surface area contributed by atoms with E-state index < -0.39 is 0 Å². The van der Waals surface area contributed by atoms with Crippen LogP contribution in [0.2, 0.25) is 0 Å². The van der Waals surface area contributed by atoms with E-state index in [1.165, 1.54) is 18.0 Å². The summed E-state index contributed by atoms with van der Waals surface area (Å²) in [7, 11) is 0. The maximum absolute atomic E-state index is 12.2. The van der Waals surface area contributed by atoms with Crippen molar-refractivity contribution in [2.45, 2.75) is 26.2 Å². The van der Waals surface area contributed by atoms with Gasteiger partial charge in [-0.2, -0.15) is 0 Å². The molecule has 7 nitrogen and oxygen atoms in total. The Balaban J connectivity index is 1.42. The molecule has 31 heavy (non-hydrogen) atoms. The van der Waals surface area contributed by atoms with Crippen LogP contribution in [0.4, 0.5) is 0 Å². The van der Waals surface area contributed by atoms with Crippen molar-refractivity contribution in [3.63, 3.8) is 0 Å². The van der Waals surface area contributed by atoms with E-state index in [-0.39, 0.29) is 18.2 Å². The van der Waals surface area contributed by atoms with E-state index >= 15 is 0 Å². The minimum Gasteiger partial charge on any atom is -0.353 e. The third kappa shape index (κ3) is 4.78. The van der Waals surface area contributed by atoms with Crippen LogP contribution in [0.15, 0.2) is 67.1 Å². The summed E-state index contributed by atoms with van der Waals surface area (Å²) in [6, 6.07) is 15.3. The lowest BCUT2D eigenvalue weighted by Crippen LogP contribution is -2.41. The van der Waals surface area contributed by atoms with Crippen molar-refractivity contribution in [1.29, 1.82) is 0 Å². The van der Waals surface area contributed by atoms with E-state index in [9.17, 15) is 9.59 Å². The van der Waals surface area contributed by atoms with Crippen LogP contribution in [0.3, 0.4) is 0 Å². The zero-order valence-corrected chi connectivity index (χ0v) is 17.2. The van der Waals surface area contributed by atoms with Crippen LogP contribution in [0.25, 0.3) is 22.3 Å². The van der Waals surface area contributed by atoms with Gasteiger partial charge in [0.05, 0.1) is 11.4 Å². The first-order valence-electron chi connectivity index (χ1n) is 10.1. The van der Waals surface area contributed by atoms with Gasteiger partial charge in [-0.25, -0.2) is 0 Å². The molecular weight excluding hydrogens is 390 g/mol. The Kier molecular flexibility index (Phi) is 6.03. The number of aryl methyl sites for hydroxylation is 2. The molecule has 4 aromatic rings. The number of hydrogen-bond donors (Lipinski definition) is 3. The summed E-state index contributed by atoms with van der Waals surface area (Å²) in [5.41, 5.74) is 10.6. The van der Waals surface area contributed by atoms with Gasteiger partial charge in [0, 0.05) is 41.5 Å². The quantitative estimate of drug-likeness (QED) is 0.420. The first-order chi connectivity index (χ1) is 15.1. The third-order valence-corrected chi connectivity index (χ3v) is 5.07. The molecule has 3 N–H and O–H groups in total. The first-order valence-corrected chi connectivity index (χ1v) is 10.1. The zero-order chi connectivity index (χ0) is 21.6. The molecule has 3 heterocycles. The largest absolute Gasteiger partial charge is 0.353 e. The molecule has 2 amide bonds. The molecular formula is C24H23N5O2. The lowest BCUT2D eigenvalue weighted by molar-refractivity contribution is -0.121. The fourth-order valence-corrected chi connectivity index (χ4v) is 3.54. The minimum atomic E-state index is -0.375. The second kappa shape index (κ2) is 9.21. The molecule has 0 saturated carbocycles. The summed E-state index contributed by atoms with van der Waals surface area (Å²) in [5, 5.41) is 1.15. The Morgan fingerprint density at radius 2 is 1.84 bits per heavy atom. The second-order valence-corrected chi connectivity index (χ2v) is 7.33. The van der Waals surface area contributed by atoms with E-state index in [0.717, 1.165) is 27.9 Å². The van der Waals surface area contributed by atoms with Crippen LogP contribution in [0, 0.1) is 6.92 Å². The number of hydrogen-bond acceptors (Lipinski definition) is 4. The molecule has 1 aromatic carbocycles. The average Bonchev–Trinajstić information content (AvgIpc) is 3.16. The maximum atomic E-state index is 12.2. The van der Waals surface area contributed by atoms with Crippen molar-refractivity contribution in [2.24, 2.45) is 0 Å². The average molecular weight is 413 g/mol. The highest BCUT2D eigenvalue weighted by molar-refractivity contribution is 5.95. The van der Waals surface area contributed by atoms with Gasteiger partial charge in [-0.3, -0.25) is 30.4 Å². The van der Waals surface area contributed by atoms with Gasteiger partial charge in [0.25, 0.3) is 5.91 Å². The van der Waals surface area contributed by atoms with Crippen molar-refractivity contribution in [1.82, 2.24) is 25.8 Å². The molecule has 0 saturated heterocycles.